The summed E-state index contributed by atoms with van der Waals surface area (Å²) in [6.45, 7) is 0. The van der Waals surface area contributed by atoms with Gasteiger partial charge in [0.2, 0.25) is 5.88 Å². The van der Waals surface area contributed by atoms with Crippen molar-refractivity contribution in [2.24, 2.45) is 0 Å². The highest BCUT2D eigenvalue weighted by Crippen LogP contribution is 2.19. The predicted octanol–water partition coefficient (Wildman–Crippen LogP) is 2.13. The van der Waals surface area contributed by atoms with Gasteiger partial charge in [0.25, 0.3) is 0 Å². The van der Waals surface area contributed by atoms with Crippen molar-refractivity contribution in [3.63, 3.8) is 0 Å². The van der Waals surface area contributed by atoms with Crippen molar-refractivity contribution in [2.75, 3.05) is 14.2 Å². The lowest BCUT2D eigenvalue weighted by Crippen LogP contribution is -2.19. The summed E-state index contributed by atoms with van der Waals surface area (Å²) in [4.78, 5) is 8.16. The minimum atomic E-state index is -0.238. The summed E-state index contributed by atoms with van der Waals surface area (Å²) in [7, 11) is 3.40. The number of rotatable bonds is 5. The first-order valence-electron chi connectivity index (χ1n) is 6.00. The van der Waals surface area contributed by atoms with E-state index in [1.807, 2.05) is 13.1 Å². The number of aromatic nitrogens is 2. The number of ether oxygens (including phenoxy) is 1. The third-order valence-corrected chi connectivity index (χ3v) is 2.92. The van der Waals surface area contributed by atoms with Crippen LogP contribution in [0.5, 0.6) is 5.88 Å². The molecule has 0 bridgehead atoms. The van der Waals surface area contributed by atoms with Crippen molar-refractivity contribution in [3.8, 4) is 5.88 Å². The Labute approximate surface area is 111 Å². The SMILES string of the molecule is CNC(Cc1cc(OC)ncn1)c1cccc(F)c1. The maximum atomic E-state index is 13.2. The molecule has 0 aliphatic rings. The highest BCUT2D eigenvalue weighted by molar-refractivity contribution is 5.23. The fourth-order valence-electron chi connectivity index (χ4n) is 1.92. The van der Waals surface area contributed by atoms with Crippen molar-refractivity contribution in [1.29, 1.82) is 0 Å². The van der Waals surface area contributed by atoms with Gasteiger partial charge in [0, 0.05) is 24.2 Å². The van der Waals surface area contributed by atoms with Gasteiger partial charge in [0.15, 0.2) is 0 Å². The number of nitrogens with one attached hydrogen (secondary N) is 1. The quantitative estimate of drug-likeness (QED) is 0.895. The molecule has 1 aromatic carbocycles. The van der Waals surface area contributed by atoms with Crippen molar-refractivity contribution in [2.45, 2.75) is 12.5 Å². The summed E-state index contributed by atoms with van der Waals surface area (Å²) in [5, 5.41) is 3.16. The van der Waals surface area contributed by atoms with Crippen molar-refractivity contribution >= 4 is 0 Å². The molecule has 1 aromatic heterocycles. The first-order chi connectivity index (χ1) is 9.22. The molecular weight excluding hydrogens is 245 g/mol. The van der Waals surface area contributed by atoms with Crippen molar-refractivity contribution in [1.82, 2.24) is 15.3 Å². The molecule has 4 nitrogen and oxygen atoms in total. The van der Waals surface area contributed by atoms with Crippen LogP contribution >= 0.6 is 0 Å². The average molecular weight is 261 g/mol. The zero-order valence-corrected chi connectivity index (χ0v) is 10.9. The molecule has 19 heavy (non-hydrogen) atoms. The summed E-state index contributed by atoms with van der Waals surface area (Å²) in [6, 6.07) is 8.33. The molecule has 0 spiro atoms. The molecule has 1 heterocycles. The Morgan fingerprint density at radius 1 is 1.32 bits per heavy atom. The summed E-state index contributed by atoms with van der Waals surface area (Å²) >= 11 is 0. The van der Waals surface area contributed by atoms with Gasteiger partial charge in [-0.3, -0.25) is 0 Å². The third-order valence-electron chi connectivity index (χ3n) is 2.92. The molecular formula is C14H16FN3O. The maximum Gasteiger partial charge on any atom is 0.216 e. The van der Waals surface area contributed by atoms with Crippen molar-refractivity contribution < 1.29 is 9.13 Å². The fraction of sp³-hybridized carbons (Fsp3) is 0.286. The Bertz CT molecular complexity index is 548. The van der Waals surface area contributed by atoms with E-state index >= 15 is 0 Å². The Hall–Kier alpha value is -2.01. The van der Waals surface area contributed by atoms with Gasteiger partial charge in [0.1, 0.15) is 12.1 Å². The zero-order valence-electron chi connectivity index (χ0n) is 10.9. The lowest BCUT2D eigenvalue weighted by molar-refractivity contribution is 0.395. The molecule has 0 fully saturated rings. The first-order valence-corrected chi connectivity index (χ1v) is 6.00. The molecule has 2 aromatic rings. The number of methoxy groups -OCH3 is 1. The third kappa shape index (κ3) is 3.48. The van der Waals surface area contributed by atoms with Gasteiger partial charge in [-0.05, 0) is 24.7 Å². The van der Waals surface area contributed by atoms with Crippen LogP contribution in [-0.4, -0.2) is 24.1 Å². The van der Waals surface area contributed by atoms with E-state index in [1.165, 1.54) is 18.5 Å². The van der Waals surface area contributed by atoms with Gasteiger partial charge < -0.3 is 10.1 Å². The number of hydrogen-bond donors (Lipinski definition) is 1. The summed E-state index contributed by atoms with van der Waals surface area (Å²) in [6.07, 6.45) is 2.10. The van der Waals surface area contributed by atoms with E-state index < -0.39 is 0 Å². The number of likely N-dealkylation sites (N-methyl/N-ethyl adjacent to an activating group) is 1. The molecule has 5 heteroatoms. The predicted molar refractivity (Wildman–Crippen MR) is 70.5 cm³/mol. The Kier molecular flexibility index (Phi) is 4.41. The molecule has 0 radical (unpaired) electrons. The molecule has 2 rings (SSSR count). The van der Waals surface area contributed by atoms with E-state index in [0.29, 0.717) is 12.3 Å². The zero-order chi connectivity index (χ0) is 13.7. The Balaban J connectivity index is 2.18. The van der Waals surface area contributed by atoms with Gasteiger partial charge in [-0.25, -0.2) is 14.4 Å². The number of benzene rings is 1. The average Bonchev–Trinajstić information content (AvgIpc) is 2.45. The highest BCUT2D eigenvalue weighted by Gasteiger charge is 2.12. The summed E-state index contributed by atoms with van der Waals surface area (Å²) < 4.78 is 18.3. The second-order valence-electron chi connectivity index (χ2n) is 4.15. The molecule has 1 N–H and O–H groups in total. The minimum absolute atomic E-state index is 0.00435. The Morgan fingerprint density at radius 2 is 2.16 bits per heavy atom. The fourth-order valence-corrected chi connectivity index (χ4v) is 1.92. The van der Waals surface area contributed by atoms with Crippen LogP contribution in [0.2, 0.25) is 0 Å². The normalized spacial score (nSPS) is 12.2. The molecule has 0 aliphatic heterocycles. The topological polar surface area (TPSA) is 47.0 Å². The monoisotopic (exact) mass is 261 g/mol. The maximum absolute atomic E-state index is 13.2. The van der Waals surface area contributed by atoms with Crippen LogP contribution in [0.1, 0.15) is 17.3 Å². The smallest absolute Gasteiger partial charge is 0.216 e. The van der Waals surface area contributed by atoms with E-state index in [2.05, 4.69) is 15.3 Å². The van der Waals surface area contributed by atoms with Crippen LogP contribution in [0.25, 0.3) is 0 Å². The second-order valence-corrected chi connectivity index (χ2v) is 4.15. The van der Waals surface area contributed by atoms with Gasteiger partial charge in [-0.15, -0.1) is 0 Å². The summed E-state index contributed by atoms with van der Waals surface area (Å²) in [5.74, 6) is 0.289. The molecule has 0 saturated carbocycles. The first kappa shape index (κ1) is 13.4. The molecule has 1 atom stereocenters. The largest absolute Gasteiger partial charge is 0.481 e. The van der Waals surface area contributed by atoms with Crippen LogP contribution in [0.3, 0.4) is 0 Å². The van der Waals surface area contributed by atoms with Crippen LogP contribution in [0.15, 0.2) is 36.7 Å². The van der Waals surface area contributed by atoms with Gasteiger partial charge in [-0.2, -0.15) is 0 Å². The standard InChI is InChI=1S/C14H16FN3O/c1-16-13(10-4-3-5-11(15)6-10)7-12-8-14(19-2)18-9-17-12/h3-6,8-9,13,16H,7H2,1-2H3. The van der Waals surface area contributed by atoms with Crippen LogP contribution < -0.4 is 10.1 Å². The van der Waals surface area contributed by atoms with E-state index in [0.717, 1.165) is 11.3 Å². The number of halogens is 1. The number of nitrogens with zero attached hydrogens (tertiary/aromatic N) is 2. The van der Waals surface area contributed by atoms with E-state index in [9.17, 15) is 4.39 Å². The Morgan fingerprint density at radius 3 is 2.84 bits per heavy atom. The number of hydrogen-bond acceptors (Lipinski definition) is 4. The van der Waals surface area contributed by atoms with Crippen LogP contribution in [0, 0.1) is 5.82 Å². The summed E-state index contributed by atoms with van der Waals surface area (Å²) in [5.41, 5.74) is 1.73. The van der Waals surface area contributed by atoms with E-state index in [4.69, 9.17) is 4.74 Å². The van der Waals surface area contributed by atoms with Crippen LogP contribution in [0.4, 0.5) is 4.39 Å². The lowest BCUT2D eigenvalue weighted by Gasteiger charge is -2.16. The van der Waals surface area contributed by atoms with Gasteiger partial charge in [-0.1, -0.05) is 12.1 Å². The minimum Gasteiger partial charge on any atom is -0.481 e. The van der Waals surface area contributed by atoms with Gasteiger partial charge in [0.05, 0.1) is 7.11 Å². The molecule has 0 aliphatic carbocycles. The lowest BCUT2D eigenvalue weighted by atomic mass is 10.0. The van der Waals surface area contributed by atoms with Crippen molar-refractivity contribution in [3.05, 3.63) is 53.7 Å². The van der Waals surface area contributed by atoms with Crippen LogP contribution in [-0.2, 0) is 6.42 Å². The van der Waals surface area contributed by atoms with E-state index in [1.54, 1.807) is 19.2 Å². The molecule has 1 unspecified atom stereocenters. The highest BCUT2D eigenvalue weighted by atomic mass is 19.1. The second kappa shape index (κ2) is 6.24. The molecule has 100 valence electrons. The molecule has 0 saturated heterocycles. The molecule has 0 amide bonds. The van der Waals surface area contributed by atoms with E-state index in [-0.39, 0.29) is 11.9 Å². The van der Waals surface area contributed by atoms with Gasteiger partial charge >= 0.3 is 0 Å².